The number of anilines is 2. The first-order valence-electron chi connectivity index (χ1n) is 9.60. The SMILES string of the molecule is COC(=O)c1ccc(OC(=O)/C=C/c2csc(N(C(C)=O)c3cccc(C(F)(F)F)c3)n2)cc1. The lowest BCUT2D eigenvalue weighted by Crippen LogP contribution is -2.23. The average molecular weight is 490 g/mol. The first-order chi connectivity index (χ1) is 16.1. The second kappa shape index (κ2) is 10.3. The third kappa shape index (κ3) is 6.07. The third-order valence-corrected chi connectivity index (χ3v) is 5.18. The van der Waals surface area contributed by atoms with Crippen molar-refractivity contribution in [3.63, 3.8) is 0 Å². The number of carbonyl (C=O) groups is 3. The van der Waals surface area contributed by atoms with Gasteiger partial charge in [-0.05, 0) is 48.5 Å². The van der Waals surface area contributed by atoms with Crippen molar-refractivity contribution in [1.82, 2.24) is 4.98 Å². The zero-order chi connectivity index (χ0) is 24.9. The van der Waals surface area contributed by atoms with E-state index in [4.69, 9.17) is 4.74 Å². The molecular weight excluding hydrogens is 473 g/mol. The van der Waals surface area contributed by atoms with E-state index in [1.807, 2.05) is 0 Å². The minimum atomic E-state index is -4.56. The average Bonchev–Trinajstić information content (AvgIpc) is 3.25. The fourth-order valence-corrected chi connectivity index (χ4v) is 3.64. The summed E-state index contributed by atoms with van der Waals surface area (Å²) in [7, 11) is 1.25. The van der Waals surface area contributed by atoms with Crippen LogP contribution in [0.5, 0.6) is 5.75 Å². The van der Waals surface area contributed by atoms with Crippen molar-refractivity contribution in [3.8, 4) is 5.75 Å². The molecule has 3 aromatic rings. The van der Waals surface area contributed by atoms with Crippen molar-refractivity contribution < 1.29 is 37.0 Å². The first kappa shape index (κ1) is 24.6. The van der Waals surface area contributed by atoms with Crippen molar-refractivity contribution in [1.29, 1.82) is 0 Å². The molecule has 0 saturated heterocycles. The summed E-state index contributed by atoms with van der Waals surface area (Å²) in [6.45, 7) is 1.21. The van der Waals surface area contributed by atoms with Crippen LogP contribution in [0.2, 0.25) is 0 Å². The Labute approximate surface area is 196 Å². The second-order valence-corrected chi connectivity index (χ2v) is 7.56. The quantitative estimate of drug-likeness (QED) is 0.267. The summed E-state index contributed by atoms with van der Waals surface area (Å²) >= 11 is 1.02. The molecule has 0 fully saturated rings. The number of amides is 1. The molecule has 0 bridgehead atoms. The van der Waals surface area contributed by atoms with Crippen LogP contribution in [0.25, 0.3) is 6.08 Å². The highest BCUT2D eigenvalue weighted by Gasteiger charge is 2.31. The molecular formula is C23H17F3N2O5S. The molecule has 0 aliphatic carbocycles. The van der Waals surface area contributed by atoms with Gasteiger partial charge >= 0.3 is 18.1 Å². The molecule has 0 aliphatic heterocycles. The molecule has 0 saturated carbocycles. The van der Waals surface area contributed by atoms with E-state index in [2.05, 4.69) is 9.72 Å². The molecule has 11 heteroatoms. The van der Waals surface area contributed by atoms with Crippen LogP contribution in [-0.4, -0.2) is 29.9 Å². The topological polar surface area (TPSA) is 85.8 Å². The zero-order valence-electron chi connectivity index (χ0n) is 17.8. The summed E-state index contributed by atoms with van der Waals surface area (Å²) in [5.74, 6) is -1.57. The molecule has 0 atom stereocenters. The maximum absolute atomic E-state index is 13.1. The number of ether oxygens (including phenoxy) is 2. The highest BCUT2D eigenvalue weighted by atomic mass is 32.1. The number of methoxy groups -OCH3 is 1. The van der Waals surface area contributed by atoms with Gasteiger partial charge in [0.25, 0.3) is 0 Å². The normalized spacial score (nSPS) is 11.3. The molecule has 1 aromatic heterocycles. The van der Waals surface area contributed by atoms with Gasteiger partial charge in [-0.1, -0.05) is 6.07 Å². The van der Waals surface area contributed by atoms with E-state index >= 15 is 0 Å². The molecule has 34 heavy (non-hydrogen) atoms. The summed E-state index contributed by atoms with van der Waals surface area (Å²) in [5.41, 5.74) is -0.280. The van der Waals surface area contributed by atoms with E-state index in [1.54, 1.807) is 0 Å². The van der Waals surface area contributed by atoms with Crippen LogP contribution < -0.4 is 9.64 Å². The summed E-state index contributed by atoms with van der Waals surface area (Å²) in [6, 6.07) is 10.1. The summed E-state index contributed by atoms with van der Waals surface area (Å²) in [6.07, 6.45) is -2.11. The summed E-state index contributed by atoms with van der Waals surface area (Å²) in [5, 5.41) is 1.67. The third-order valence-electron chi connectivity index (χ3n) is 4.33. The van der Waals surface area contributed by atoms with E-state index in [-0.39, 0.29) is 16.6 Å². The van der Waals surface area contributed by atoms with Crippen LogP contribution in [0.4, 0.5) is 24.0 Å². The lowest BCUT2D eigenvalue weighted by atomic mass is 10.2. The van der Waals surface area contributed by atoms with Gasteiger partial charge in [0.05, 0.1) is 29.6 Å². The Morgan fingerprint density at radius 3 is 2.41 bits per heavy atom. The molecule has 0 radical (unpaired) electrons. The van der Waals surface area contributed by atoms with E-state index < -0.39 is 29.6 Å². The van der Waals surface area contributed by atoms with Crippen LogP contribution in [0.15, 0.2) is 60.0 Å². The van der Waals surface area contributed by atoms with Crippen LogP contribution in [0.1, 0.15) is 28.5 Å². The molecule has 176 valence electrons. The largest absolute Gasteiger partial charge is 0.465 e. The van der Waals surface area contributed by atoms with Gasteiger partial charge in [-0.25, -0.2) is 14.6 Å². The van der Waals surface area contributed by atoms with Crippen LogP contribution in [-0.2, 0) is 20.5 Å². The Morgan fingerprint density at radius 1 is 1.09 bits per heavy atom. The molecule has 0 spiro atoms. The predicted octanol–water partition coefficient (Wildman–Crippen LogP) is 5.25. The highest BCUT2D eigenvalue weighted by molar-refractivity contribution is 7.14. The monoisotopic (exact) mass is 490 g/mol. The smallest absolute Gasteiger partial charge is 0.416 e. The predicted molar refractivity (Wildman–Crippen MR) is 119 cm³/mol. The number of nitrogens with zero attached hydrogens (tertiary/aromatic N) is 2. The van der Waals surface area contributed by atoms with Gasteiger partial charge in [-0.3, -0.25) is 9.69 Å². The number of aromatic nitrogens is 1. The summed E-state index contributed by atoms with van der Waals surface area (Å²) < 4.78 is 48.9. The maximum Gasteiger partial charge on any atom is 0.416 e. The van der Waals surface area contributed by atoms with Crippen molar-refractivity contribution in [3.05, 3.63) is 76.8 Å². The van der Waals surface area contributed by atoms with Crippen molar-refractivity contribution in [2.45, 2.75) is 13.1 Å². The van der Waals surface area contributed by atoms with Crippen molar-refractivity contribution in [2.75, 3.05) is 12.0 Å². The molecule has 2 aromatic carbocycles. The molecule has 3 rings (SSSR count). The van der Waals surface area contributed by atoms with Gasteiger partial charge in [-0.2, -0.15) is 13.2 Å². The molecule has 0 N–H and O–H groups in total. The Balaban J connectivity index is 1.72. The Morgan fingerprint density at radius 2 is 1.79 bits per heavy atom. The lowest BCUT2D eigenvalue weighted by molar-refractivity contribution is -0.137. The highest BCUT2D eigenvalue weighted by Crippen LogP contribution is 2.35. The number of thiazole rings is 1. The molecule has 0 unspecified atom stereocenters. The fourth-order valence-electron chi connectivity index (χ4n) is 2.78. The Hall–Kier alpha value is -3.99. The van der Waals surface area contributed by atoms with Gasteiger partial charge in [-0.15, -0.1) is 11.3 Å². The van der Waals surface area contributed by atoms with Gasteiger partial charge in [0.1, 0.15) is 5.75 Å². The van der Waals surface area contributed by atoms with Crippen LogP contribution in [0.3, 0.4) is 0 Å². The molecule has 7 nitrogen and oxygen atoms in total. The maximum atomic E-state index is 13.1. The van der Waals surface area contributed by atoms with Gasteiger partial charge in [0.15, 0.2) is 5.13 Å². The molecule has 1 heterocycles. The van der Waals surface area contributed by atoms with E-state index in [9.17, 15) is 27.6 Å². The number of alkyl halides is 3. The number of hydrogen-bond acceptors (Lipinski definition) is 7. The fraction of sp³-hybridized carbons (Fsp3) is 0.130. The number of carbonyl (C=O) groups excluding carboxylic acids is 3. The molecule has 0 aliphatic rings. The Bertz CT molecular complexity index is 1240. The van der Waals surface area contributed by atoms with Crippen LogP contribution in [0, 0.1) is 0 Å². The minimum absolute atomic E-state index is 0.0158. The summed E-state index contributed by atoms with van der Waals surface area (Å²) in [4.78, 5) is 40.9. The van der Waals surface area contributed by atoms with E-state index in [0.29, 0.717) is 11.3 Å². The zero-order valence-corrected chi connectivity index (χ0v) is 18.6. The number of rotatable bonds is 6. The van der Waals surface area contributed by atoms with Gasteiger partial charge < -0.3 is 9.47 Å². The molecule has 1 amide bonds. The van der Waals surface area contributed by atoms with E-state index in [1.165, 1.54) is 61.9 Å². The number of esters is 2. The minimum Gasteiger partial charge on any atom is -0.465 e. The first-order valence-corrected chi connectivity index (χ1v) is 10.5. The Kier molecular flexibility index (Phi) is 7.47. The van der Waals surface area contributed by atoms with E-state index in [0.717, 1.165) is 34.4 Å². The number of hydrogen-bond donors (Lipinski definition) is 0. The van der Waals surface area contributed by atoms with Gasteiger partial charge in [0, 0.05) is 18.4 Å². The lowest BCUT2D eigenvalue weighted by Gasteiger charge is -2.19. The van der Waals surface area contributed by atoms with Gasteiger partial charge in [0.2, 0.25) is 5.91 Å². The number of benzene rings is 2. The van der Waals surface area contributed by atoms with Crippen LogP contribution >= 0.6 is 11.3 Å². The second-order valence-electron chi connectivity index (χ2n) is 6.73. The number of halogens is 3. The standard InChI is InChI=1S/C23H17F3N2O5S/c1-14(29)28(18-5-3-4-16(12-18)23(24,25)26)22-27-17(13-34-22)8-11-20(30)33-19-9-6-15(7-10-19)21(31)32-2/h3-13H,1-2H3/b11-8+. The van der Waals surface area contributed by atoms with Crippen molar-refractivity contribution >= 4 is 46.1 Å². The van der Waals surface area contributed by atoms with Crippen molar-refractivity contribution in [2.24, 2.45) is 0 Å².